The maximum absolute atomic E-state index is 11.7. The standard InChI is InChI=1S/C11H15NO6/c1-3-17-10(15)9(11(16)18-4-2)12-7(13)5-6-8(12)14/h9H,3-6H2,1-2H3. The molecule has 0 unspecified atom stereocenters. The van der Waals surface area contributed by atoms with Crippen LogP contribution >= 0.6 is 0 Å². The Balaban J connectivity index is 2.96. The molecule has 1 heterocycles. The third-order valence-corrected chi connectivity index (χ3v) is 2.37. The van der Waals surface area contributed by atoms with Gasteiger partial charge in [0, 0.05) is 12.8 Å². The second kappa shape index (κ2) is 6.13. The molecule has 7 nitrogen and oxygen atoms in total. The molecule has 0 aromatic carbocycles. The lowest BCUT2D eigenvalue weighted by Crippen LogP contribution is -2.50. The topological polar surface area (TPSA) is 90.0 Å². The largest absolute Gasteiger partial charge is 0.464 e. The quantitative estimate of drug-likeness (QED) is 0.379. The summed E-state index contributed by atoms with van der Waals surface area (Å²) in [5.41, 5.74) is 0. The van der Waals surface area contributed by atoms with Crippen molar-refractivity contribution in [1.82, 2.24) is 4.90 Å². The summed E-state index contributed by atoms with van der Waals surface area (Å²) in [7, 11) is 0. The molecule has 1 fully saturated rings. The van der Waals surface area contributed by atoms with Crippen LogP contribution in [0.5, 0.6) is 0 Å². The molecule has 0 bridgehead atoms. The van der Waals surface area contributed by atoms with Crippen molar-refractivity contribution < 1.29 is 28.7 Å². The molecule has 0 aromatic rings. The van der Waals surface area contributed by atoms with Crippen LogP contribution in [0.1, 0.15) is 26.7 Å². The Bertz CT molecular complexity index is 344. The van der Waals surface area contributed by atoms with E-state index in [4.69, 9.17) is 9.47 Å². The van der Waals surface area contributed by atoms with Gasteiger partial charge in [0.05, 0.1) is 13.2 Å². The van der Waals surface area contributed by atoms with Gasteiger partial charge in [0.25, 0.3) is 0 Å². The van der Waals surface area contributed by atoms with Crippen molar-refractivity contribution in [2.24, 2.45) is 0 Å². The van der Waals surface area contributed by atoms with E-state index in [2.05, 4.69) is 0 Å². The van der Waals surface area contributed by atoms with Gasteiger partial charge in [0.15, 0.2) is 0 Å². The Morgan fingerprint density at radius 1 is 1.06 bits per heavy atom. The van der Waals surface area contributed by atoms with Crippen molar-refractivity contribution in [3.05, 3.63) is 0 Å². The number of amides is 2. The number of esters is 2. The molecule has 2 amide bonds. The Kier molecular flexibility index (Phi) is 4.82. The van der Waals surface area contributed by atoms with Crippen molar-refractivity contribution in [3.8, 4) is 0 Å². The number of nitrogens with zero attached hydrogens (tertiary/aromatic N) is 1. The van der Waals surface area contributed by atoms with E-state index in [-0.39, 0.29) is 26.1 Å². The molecule has 0 aromatic heterocycles. The number of hydrogen-bond acceptors (Lipinski definition) is 6. The van der Waals surface area contributed by atoms with Gasteiger partial charge in [0.1, 0.15) is 0 Å². The predicted octanol–water partition coefficient (Wildman–Crippen LogP) is -0.370. The molecule has 1 saturated heterocycles. The molecule has 0 aliphatic carbocycles. The van der Waals surface area contributed by atoms with Gasteiger partial charge in [-0.15, -0.1) is 0 Å². The number of carbonyl (C=O) groups is 4. The summed E-state index contributed by atoms with van der Waals surface area (Å²) in [5.74, 6) is -3.02. The highest BCUT2D eigenvalue weighted by molar-refractivity contribution is 6.11. The van der Waals surface area contributed by atoms with Crippen molar-refractivity contribution in [3.63, 3.8) is 0 Å². The van der Waals surface area contributed by atoms with E-state index in [1.807, 2.05) is 0 Å². The Morgan fingerprint density at radius 2 is 1.44 bits per heavy atom. The van der Waals surface area contributed by atoms with Gasteiger partial charge in [-0.05, 0) is 13.8 Å². The molecule has 100 valence electrons. The summed E-state index contributed by atoms with van der Waals surface area (Å²) in [5, 5.41) is 0. The number of ether oxygens (including phenoxy) is 2. The number of rotatable bonds is 5. The molecule has 7 heteroatoms. The Hall–Kier alpha value is -1.92. The minimum absolute atomic E-state index is 0.00581. The van der Waals surface area contributed by atoms with Crippen LogP contribution in [0.15, 0.2) is 0 Å². The van der Waals surface area contributed by atoms with Crippen LogP contribution in [-0.4, -0.2) is 47.9 Å². The molecular weight excluding hydrogens is 242 g/mol. The highest BCUT2D eigenvalue weighted by Crippen LogP contribution is 2.17. The van der Waals surface area contributed by atoms with Crippen molar-refractivity contribution >= 4 is 23.8 Å². The lowest BCUT2D eigenvalue weighted by atomic mass is 10.2. The van der Waals surface area contributed by atoms with Crippen LogP contribution in [-0.2, 0) is 28.7 Å². The minimum Gasteiger partial charge on any atom is -0.464 e. The number of carbonyl (C=O) groups excluding carboxylic acids is 4. The molecule has 0 atom stereocenters. The molecule has 0 N–H and O–H groups in total. The fourth-order valence-corrected chi connectivity index (χ4v) is 1.63. The van der Waals surface area contributed by atoms with Gasteiger partial charge in [-0.1, -0.05) is 0 Å². The first-order valence-corrected chi connectivity index (χ1v) is 5.71. The van der Waals surface area contributed by atoms with Gasteiger partial charge < -0.3 is 9.47 Å². The summed E-state index contributed by atoms with van der Waals surface area (Å²) in [4.78, 5) is 47.0. The highest BCUT2D eigenvalue weighted by Gasteiger charge is 2.44. The Morgan fingerprint density at radius 3 is 1.78 bits per heavy atom. The third kappa shape index (κ3) is 2.85. The second-order valence-corrected chi connectivity index (χ2v) is 3.56. The number of likely N-dealkylation sites (tertiary alicyclic amines) is 1. The summed E-state index contributed by atoms with van der Waals surface area (Å²) in [6.07, 6.45) is -0.0116. The van der Waals surface area contributed by atoms with E-state index >= 15 is 0 Å². The van der Waals surface area contributed by atoms with Crippen LogP contribution in [0, 0.1) is 0 Å². The van der Waals surface area contributed by atoms with E-state index in [0.717, 1.165) is 0 Å². The summed E-state index contributed by atoms with van der Waals surface area (Å²) < 4.78 is 9.39. The first-order chi connectivity index (χ1) is 8.52. The van der Waals surface area contributed by atoms with Gasteiger partial charge >= 0.3 is 11.9 Å². The van der Waals surface area contributed by atoms with Gasteiger partial charge in [-0.25, -0.2) is 9.59 Å². The average Bonchev–Trinajstić information content (AvgIpc) is 2.62. The fourth-order valence-electron chi connectivity index (χ4n) is 1.63. The highest BCUT2D eigenvalue weighted by atomic mass is 16.6. The van der Waals surface area contributed by atoms with E-state index in [0.29, 0.717) is 4.90 Å². The zero-order valence-electron chi connectivity index (χ0n) is 10.3. The van der Waals surface area contributed by atoms with Crippen LogP contribution in [0.25, 0.3) is 0 Å². The first kappa shape index (κ1) is 14.1. The molecule has 0 radical (unpaired) electrons. The van der Waals surface area contributed by atoms with Crippen molar-refractivity contribution in [2.45, 2.75) is 32.7 Å². The molecule has 0 saturated carbocycles. The summed E-state index contributed by atoms with van der Waals surface area (Å²) in [6, 6.07) is -1.62. The predicted molar refractivity (Wildman–Crippen MR) is 58.1 cm³/mol. The lowest BCUT2D eigenvalue weighted by Gasteiger charge is -2.22. The maximum Gasteiger partial charge on any atom is 0.341 e. The van der Waals surface area contributed by atoms with Gasteiger partial charge in [0.2, 0.25) is 17.9 Å². The van der Waals surface area contributed by atoms with Gasteiger partial charge in [-0.2, -0.15) is 0 Å². The minimum atomic E-state index is -1.62. The second-order valence-electron chi connectivity index (χ2n) is 3.56. The van der Waals surface area contributed by atoms with Crippen LogP contribution < -0.4 is 0 Å². The van der Waals surface area contributed by atoms with Crippen LogP contribution in [0.3, 0.4) is 0 Å². The van der Waals surface area contributed by atoms with Gasteiger partial charge in [-0.3, -0.25) is 14.5 Å². The molecule has 0 spiro atoms. The third-order valence-electron chi connectivity index (χ3n) is 2.37. The summed E-state index contributed by atoms with van der Waals surface area (Å²) >= 11 is 0. The first-order valence-electron chi connectivity index (χ1n) is 5.71. The molecule has 18 heavy (non-hydrogen) atoms. The zero-order valence-corrected chi connectivity index (χ0v) is 10.3. The smallest absolute Gasteiger partial charge is 0.341 e. The van der Waals surface area contributed by atoms with E-state index in [9.17, 15) is 19.2 Å². The fraction of sp³-hybridized carbons (Fsp3) is 0.636. The van der Waals surface area contributed by atoms with E-state index < -0.39 is 29.8 Å². The maximum atomic E-state index is 11.7. The van der Waals surface area contributed by atoms with Crippen LogP contribution in [0.4, 0.5) is 0 Å². The summed E-state index contributed by atoms with van der Waals surface area (Å²) in [6.45, 7) is 3.22. The van der Waals surface area contributed by atoms with E-state index in [1.165, 1.54) is 0 Å². The molecular formula is C11H15NO6. The van der Waals surface area contributed by atoms with Crippen molar-refractivity contribution in [2.75, 3.05) is 13.2 Å². The zero-order chi connectivity index (χ0) is 13.7. The molecule has 1 aliphatic rings. The average molecular weight is 257 g/mol. The Labute approximate surface area is 104 Å². The normalized spacial score (nSPS) is 15.2. The molecule has 1 rings (SSSR count). The van der Waals surface area contributed by atoms with Crippen LogP contribution in [0.2, 0.25) is 0 Å². The van der Waals surface area contributed by atoms with Crippen molar-refractivity contribution in [1.29, 1.82) is 0 Å². The molecule has 1 aliphatic heterocycles. The number of hydrogen-bond donors (Lipinski definition) is 0. The monoisotopic (exact) mass is 257 g/mol. The SMILES string of the molecule is CCOC(=O)C(C(=O)OCC)N1C(=O)CCC1=O. The van der Waals surface area contributed by atoms with E-state index in [1.54, 1.807) is 13.8 Å². The number of imide groups is 1. The lowest BCUT2D eigenvalue weighted by molar-refractivity contribution is -0.169.